The molecule has 5 aromatic rings. The van der Waals surface area contributed by atoms with Crippen molar-refractivity contribution in [1.82, 2.24) is 19.1 Å². The van der Waals surface area contributed by atoms with Crippen LogP contribution in [0, 0.1) is 11.3 Å². The fourth-order valence-electron chi connectivity index (χ4n) is 3.65. The van der Waals surface area contributed by atoms with Crippen LogP contribution in [0.1, 0.15) is 5.56 Å². The van der Waals surface area contributed by atoms with E-state index >= 15 is 0 Å². The van der Waals surface area contributed by atoms with Crippen molar-refractivity contribution in [2.45, 2.75) is 0 Å². The molecule has 6 nitrogen and oxygen atoms in total. The van der Waals surface area contributed by atoms with Gasteiger partial charge in [0.2, 0.25) is 0 Å². The minimum absolute atomic E-state index is 0.262. The third-order valence-electron chi connectivity index (χ3n) is 4.90. The number of aryl methyl sites for hydroxylation is 1. The minimum Gasteiger partial charge on any atom is -0.333 e. The maximum atomic E-state index is 13.4. The van der Waals surface area contributed by atoms with Gasteiger partial charge < -0.3 is 4.57 Å². The van der Waals surface area contributed by atoms with Gasteiger partial charge in [-0.25, -0.2) is 4.98 Å². The Morgan fingerprint density at radius 1 is 1.11 bits per heavy atom. The number of benzene rings is 2. The van der Waals surface area contributed by atoms with Gasteiger partial charge in [0.1, 0.15) is 6.07 Å². The Bertz CT molecular complexity index is 1520. The number of pyridine rings is 2. The van der Waals surface area contributed by atoms with Crippen molar-refractivity contribution in [2.75, 3.05) is 0 Å². The van der Waals surface area contributed by atoms with Crippen molar-refractivity contribution in [3.63, 3.8) is 0 Å². The lowest BCUT2D eigenvalue weighted by atomic mass is 10.1. The summed E-state index contributed by atoms with van der Waals surface area (Å²) in [6.07, 6.45) is 3.29. The van der Waals surface area contributed by atoms with Crippen LogP contribution in [0.3, 0.4) is 0 Å². The molecule has 0 atom stereocenters. The van der Waals surface area contributed by atoms with Crippen molar-refractivity contribution in [2.24, 2.45) is 7.05 Å². The number of nitriles is 1. The van der Waals surface area contributed by atoms with Crippen LogP contribution in [0.5, 0.6) is 0 Å². The molecule has 0 N–H and O–H groups in total. The van der Waals surface area contributed by atoms with E-state index in [1.165, 1.54) is 0 Å². The zero-order valence-electron chi connectivity index (χ0n) is 14.7. The van der Waals surface area contributed by atoms with Gasteiger partial charge in [0.05, 0.1) is 39.2 Å². The molecule has 28 heavy (non-hydrogen) atoms. The summed E-state index contributed by atoms with van der Waals surface area (Å²) in [4.78, 5) is 22.2. The first-order chi connectivity index (χ1) is 13.6. The van der Waals surface area contributed by atoms with Gasteiger partial charge >= 0.3 is 0 Å². The molecular formula is C21H12ClN5O. The Hall–Kier alpha value is -3.69. The minimum atomic E-state index is -0.262. The highest BCUT2D eigenvalue weighted by molar-refractivity contribution is 6.32. The average molecular weight is 386 g/mol. The van der Waals surface area contributed by atoms with Gasteiger partial charge in [-0.2, -0.15) is 5.26 Å². The van der Waals surface area contributed by atoms with Crippen LogP contribution in [0.2, 0.25) is 5.02 Å². The van der Waals surface area contributed by atoms with Crippen LogP contribution in [-0.2, 0) is 7.05 Å². The van der Waals surface area contributed by atoms with Gasteiger partial charge in [0.15, 0.2) is 5.52 Å². The van der Waals surface area contributed by atoms with E-state index in [0.717, 1.165) is 10.8 Å². The van der Waals surface area contributed by atoms with E-state index < -0.39 is 0 Å². The second-order valence-electron chi connectivity index (χ2n) is 6.51. The van der Waals surface area contributed by atoms with E-state index in [4.69, 9.17) is 11.6 Å². The Labute approximate surface area is 163 Å². The lowest BCUT2D eigenvalue weighted by Crippen LogP contribution is -2.20. The van der Waals surface area contributed by atoms with Crippen LogP contribution in [0.25, 0.3) is 38.5 Å². The normalized spacial score (nSPS) is 11.3. The first-order valence-corrected chi connectivity index (χ1v) is 8.91. The lowest BCUT2D eigenvalue weighted by Gasteiger charge is -2.14. The Kier molecular flexibility index (Phi) is 3.48. The Morgan fingerprint density at radius 2 is 1.93 bits per heavy atom. The number of nitrogens with zero attached hydrogens (tertiary/aromatic N) is 5. The summed E-state index contributed by atoms with van der Waals surface area (Å²) in [6.45, 7) is 0. The summed E-state index contributed by atoms with van der Waals surface area (Å²) in [5.74, 6) is 0. The number of hydrogen-bond donors (Lipinski definition) is 0. The molecule has 0 saturated carbocycles. The number of para-hydroxylation sites is 1. The Morgan fingerprint density at radius 3 is 2.75 bits per heavy atom. The SMILES string of the molecule is Cn1cnc2c(=O)n(-c3cccc4cccnc34)c3cc(Cl)c(C#N)cc3c21. The summed E-state index contributed by atoms with van der Waals surface area (Å²) < 4.78 is 3.35. The molecular weight excluding hydrogens is 374 g/mol. The summed E-state index contributed by atoms with van der Waals surface area (Å²) in [7, 11) is 1.82. The molecule has 134 valence electrons. The molecule has 0 unspecified atom stereocenters. The van der Waals surface area contributed by atoms with E-state index in [1.54, 1.807) is 33.8 Å². The maximum Gasteiger partial charge on any atom is 0.283 e. The Balaban J connectivity index is 2.07. The third-order valence-corrected chi connectivity index (χ3v) is 5.21. The summed E-state index contributed by atoms with van der Waals surface area (Å²) >= 11 is 6.32. The molecule has 0 spiro atoms. The van der Waals surface area contributed by atoms with Gasteiger partial charge in [-0.3, -0.25) is 14.3 Å². The fraction of sp³-hybridized carbons (Fsp3) is 0.0476. The highest BCUT2D eigenvalue weighted by Gasteiger charge is 2.19. The molecule has 0 aliphatic carbocycles. The van der Waals surface area contributed by atoms with Crippen LogP contribution in [-0.4, -0.2) is 19.1 Å². The fourth-order valence-corrected chi connectivity index (χ4v) is 3.85. The van der Waals surface area contributed by atoms with Crippen molar-refractivity contribution in [1.29, 1.82) is 5.26 Å². The molecule has 0 bridgehead atoms. The van der Waals surface area contributed by atoms with Gasteiger partial charge in [0, 0.05) is 24.0 Å². The quantitative estimate of drug-likeness (QED) is 0.437. The van der Waals surface area contributed by atoms with Crippen molar-refractivity contribution in [3.8, 4) is 11.8 Å². The van der Waals surface area contributed by atoms with Crippen molar-refractivity contribution < 1.29 is 0 Å². The molecule has 2 aromatic carbocycles. The molecule has 7 heteroatoms. The third kappa shape index (κ3) is 2.17. The van der Waals surface area contributed by atoms with Gasteiger partial charge in [-0.1, -0.05) is 29.8 Å². The predicted octanol–water partition coefficient (Wildman–Crippen LogP) is 3.95. The monoisotopic (exact) mass is 385 g/mol. The largest absolute Gasteiger partial charge is 0.333 e. The molecule has 3 heterocycles. The lowest BCUT2D eigenvalue weighted by molar-refractivity contribution is 0.950. The predicted molar refractivity (Wildman–Crippen MR) is 109 cm³/mol. The molecule has 0 fully saturated rings. The number of imidazole rings is 1. The molecule has 0 aliphatic heterocycles. The average Bonchev–Trinajstić information content (AvgIpc) is 3.10. The highest BCUT2D eigenvalue weighted by Crippen LogP contribution is 2.30. The molecule has 0 amide bonds. The van der Waals surface area contributed by atoms with Crippen LogP contribution in [0.15, 0.2) is 59.8 Å². The molecule has 0 radical (unpaired) electrons. The highest BCUT2D eigenvalue weighted by atomic mass is 35.5. The summed E-state index contributed by atoms with van der Waals surface area (Å²) in [5.41, 5.74) is 3.01. The molecule has 0 saturated heterocycles. The van der Waals surface area contributed by atoms with Crippen LogP contribution in [0.4, 0.5) is 0 Å². The van der Waals surface area contributed by atoms with Crippen molar-refractivity contribution >= 4 is 44.4 Å². The molecule has 3 aromatic heterocycles. The second kappa shape index (κ2) is 5.91. The number of rotatable bonds is 1. The van der Waals surface area contributed by atoms with E-state index in [0.29, 0.717) is 33.3 Å². The van der Waals surface area contributed by atoms with Gasteiger partial charge in [0.25, 0.3) is 5.56 Å². The smallest absolute Gasteiger partial charge is 0.283 e. The maximum absolute atomic E-state index is 13.4. The van der Waals surface area contributed by atoms with Crippen LogP contribution >= 0.6 is 11.6 Å². The first kappa shape index (κ1) is 16.5. The van der Waals surface area contributed by atoms with E-state index in [2.05, 4.69) is 16.0 Å². The van der Waals surface area contributed by atoms with Gasteiger partial charge in [-0.15, -0.1) is 0 Å². The second-order valence-corrected chi connectivity index (χ2v) is 6.91. The zero-order chi connectivity index (χ0) is 19.4. The number of aromatic nitrogens is 4. The van der Waals surface area contributed by atoms with E-state index in [-0.39, 0.29) is 10.6 Å². The van der Waals surface area contributed by atoms with E-state index in [9.17, 15) is 10.1 Å². The van der Waals surface area contributed by atoms with E-state index in [1.807, 2.05) is 37.4 Å². The topological polar surface area (TPSA) is 76.5 Å². The van der Waals surface area contributed by atoms with Gasteiger partial charge in [-0.05, 0) is 24.3 Å². The zero-order valence-corrected chi connectivity index (χ0v) is 15.5. The van der Waals surface area contributed by atoms with Crippen LogP contribution < -0.4 is 5.56 Å². The number of halogens is 1. The molecule has 0 aliphatic rings. The first-order valence-electron chi connectivity index (χ1n) is 8.53. The molecule has 5 rings (SSSR count). The summed E-state index contributed by atoms with van der Waals surface area (Å²) in [5, 5.41) is 11.3. The number of hydrogen-bond acceptors (Lipinski definition) is 4. The number of fused-ring (bicyclic) bond motifs is 4. The standard InChI is InChI=1S/C21H12ClN5O/c1-26-11-25-19-20(26)14-8-13(10-23)15(22)9-17(14)27(21(19)28)16-6-2-4-12-5-3-7-24-18(12)16/h2-9,11H,1H3. The summed E-state index contributed by atoms with van der Waals surface area (Å²) in [6, 6.07) is 14.9. The van der Waals surface area contributed by atoms with Crippen molar-refractivity contribution in [3.05, 3.63) is 75.9 Å².